The SMILES string of the molecule is CCCn1ccnc(NC(C)CC(C)CC)c1=O. The van der Waals surface area contributed by atoms with E-state index in [2.05, 4.69) is 38.0 Å². The van der Waals surface area contributed by atoms with Gasteiger partial charge in [0.15, 0.2) is 5.82 Å². The van der Waals surface area contributed by atoms with Crippen LogP contribution >= 0.6 is 0 Å². The first-order valence-corrected chi connectivity index (χ1v) is 6.90. The van der Waals surface area contributed by atoms with Crippen LogP contribution in [0.3, 0.4) is 0 Å². The third-order valence-electron chi connectivity index (χ3n) is 3.21. The Kier molecular flexibility index (Phi) is 5.89. The number of nitrogens with one attached hydrogen (secondary N) is 1. The zero-order valence-electron chi connectivity index (χ0n) is 11.9. The molecule has 2 unspecified atom stereocenters. The summed E-state index contributed by atoms with van der Waals surface area (Å²) in [6.45, 7) is 9.32. The van der Waals surface area contributed by atoms with Gasteiger partial charge < -0.3 is 9.88 Å². The maximum atomic E-state index is 12.1. The van der Waals surface area contributed by atoms with Crippen molar-refractivity contribution in [2.45, 2.75) is 59.5 Å². The summed E-state index contributed by atoms with van der Waals surface area (Å²) in [6, 6.07) is 0.276. The Morgan fingerprint density at radius 2 is 2.11 bits per heavy atom. The average molecular weight is 251 g/mol. The van der Waals surface area contributed by atoms with Crippen molar-refractivity contribution in [3.63, 3.8) is 0 Å². The van der Waals surface area contributed by atoms with Gasteiger partial charge in [-0.1, -0.05) is 27.2 Å². The zero-order valence-corrected chi connectivity index (χ0v) is 11.9. The number of rotatable bonds is 7. The molecule has 0 saturated carbocycles. The summed E-state index contributed by atoms with van der Waals surface area (Å²) in [5, 5.41) is 3.23. The van der Waals surface area contributed by atoms with E-state index in [0.29, 0.717) is 11.7 Å². The second kappa shape index (κ2) is 7.19. The molecule has 102 valence electrons. The average Bonchev–Trinajstić information content (AvgIpc) is 2.34. The molecule has 0 bridgehead atoms. The van der Waals surface area contributed by atoms with Crippen LogP contribution in [0.5, 0.6) is 0 Å². The van der Waals surface area contributed by atoms with Crippen molar-refractivity contribution < 1.29 is 0 Å². The number of anilines is 1. The Morgan fingerprint density at radius 1 is 1.39 bits per heavy atom. The lowest BCUT2D eigenvalue weighted by atomic mass is 10.0. The van der Waals surface area contributed by atoms with E-state index in [4.69, 9.17) is 0 Å². The van der Waals surface area contributed by atoms with Crippen molar-refractivity contribution in [3.05, 3.63) is 22.7 Å². The Labute approximate surface area is 109 Å². The molecule has 0 aromatic carbocycles. The Morgan fingerprint density at radius 3 is 2.72 bits per heavy atom. The smallest absolute Gasteiger partial charge is 0.293 e. The molecular formula is C14H25N3O. The van der Waals surface area contributed by atoms with Crippen LogP contribution in [0.2, 0.25) is 0 Å². The van der Waals surface area contributed by atoms with Crippen LogP contribution in [-0.4, -0.2) is 15.6 Å². The number of aromatic nitrogens is 2. The molecule has 1 aromatic heterocycles. The lowest BCUT2D eigenvalue weighted by Gasteiger charge is -2.18. The summed E-state index contributed by atoms with van der Waals surface area (Å²) in [5.41, 5.74) is -0.0182. The van der Waals surface area contributed by atoms with Crippen molar-refractivity contribution in [1.82, 2.24) is 9.55 Å². The summed E-state index contributed by atoms with van der Waals surface area (Å²) in [4.78, 5) is 16.2. The van der Waals surface area contributed by atoms with E-state index in [-0.39, 0.29) is 11.6 Å². The van der Waals surface area contributed by atoms with E-state index in [9.17, 15) is 4.79 Å². The van der Waals surface area contributed by atoms with Gasteiger partial charge in [0.1, 0.15) is 0 Å². The fraction of sp³-hybridized carbons (Fsp3) is 0.714. The van der Waals surface area contributed by atoms with Crippen molar-refractivity contribution in [3.8, 4) is 0 Å². The number of nitrogens with zero attached hydrogens (tertiary/aromatic N) is 2. The maximum Gasteiger partial charge on any atom is 0.293 e. The first kappa shape index (κ1) is 14.7. The highest BCUT2D eigenvalue weighted by Gasteiger charge is 2.10. The summed E-state index contributed by atoms with van der Waals surface area (Å²) >= 11 is 0. The molecule has 1 rings (SSSR count). The molecule has 0 amide bonds. The van der Waals surface area contributed by atoms with Crippen LogP contribution in [0, 0.1) is 5.92 Å². The summed E-state index contributed by atoms with van der Waals surface area (Å²) in [5.74, 6) is 1.14. The predicted molar refractivity (Wildman–Crippen MR) is 75.9 cm³/mol. The van der Waals surface area contributed by atoms with Crippen LogP contribution in [-0.2, 0) is 6.54 Å². The molecule has 2 atom stereocenters. The second-order valence-corrected chi connectivity index (χ2v) is 5.07. The molecular weight excluding hydrogens is 226 g/mol. The minimum absolute atomic E-state index is 0.0182. The Bertz CT molecular complexity index is 414. The van der Waals surface area contributed by atoms with Crippen molar-refractivity contribution in [1.29, 1.82) is 0 Å². The minimum Gasteiger partial charge on any atom is -0.363 e. The van der Waals surface area contributed by atoms with Gasteiger partial charge in [-0.2, -0.15) is 0 Å². The number of hydrogen-bond acceptors (Lipinski definition) is 3. The van der Waals surface area contributed by atoms with E-state index in [1.54, 1.807) is 17.0 Å². The molecule has 1 heterocycles. The molecule has 0 aliphatic rings. The number of hydrogen-bond donors (Lipinski definition) is 1. The van der Waals surface area contributed by atoms with Crippen LogP contribution in [0.25, 0.3) is 0 Å². The highest BCUT2D eigenvalue weighted by molar-refractivity contribution is 5.31. The first-order valence-electron chi connectivity index (χ1n) is 6.90. The molecule has 4 nitrogen and oxygen atoms in total. The first-order chi connectivity index (χ1) is 8.58. The summed E-state index contributed by atoms with van der Waals surface area (Å²) < 4.78 is 1.71. The minimum atomic E-state index is -0.0182. The second-order valence-electron chi connectivity index (χ2n) is 5.07. The number of aryl methyl sites for hydroxylation is 1. The largest absolute Gasteiger partial charge is 0.363 e. The van der Waals surface area contributed by atoms with Gasteiger partial charge in [0.2, 0.25) is 0 Å². The van der Waals surface area contributed by atoms with Gasteiger partial charge in [-0.15, -0.1) is 0 Å². The highest BCUT2D eigenvalue weighted by Crippen LogP contribution is 2.11. The standard InChI is InChI=1S/C14H25N3O/c1-5-8-17-9-7-15-13(14(17)18)16-12(4)10-11(3)6-2/h7,9,11-12H,5-6,8,10H2,1-4H3,(H,15,16). The molecule has 0 aliphatic heterocycles. The van der Waals surface area contributed by atoms with E-state index in [1.807, 2.05) is 0 Å². The van der Waals surface area contributed by atoms with E-state index in [0.717, 1.165) is 25.8 Å². The molecule has 0 fully saturated rings. The monoisotopic (exact) mass is 251 g/mol. The van der Waals surface area contributed by atoms with Crippen LogP contribution in [0.1, 0.15) is 47.0 Å². The molecule has 0 saturated heterocycles. The van der Waals surface area contributed by atoms with Crippen LogP contribution in [0.15, 0.2) is 17.2 Å². The lowest BCUT2D eigenvalue weighted by Crippen LogP contribution is -2.28. The van der Waals surface area contributed by atoms with E-state index in [1.165, 1.54) is 0 Å². The highest BCUT2D eigenvalue weighted by atomic mass is 16.1. The molecule has 1 N–H and O–H groups in total. The van der Waals surface area contributed by atoms with Gasteiger partial charge in [0, 0.05) is 25.0 Å². The fourth-order valence-electron chi connectivity index (χ4n) is 2.03. The van der Waals surface area contributed by atoms with Crippen molar-refractivity contribution >= 4 is 5.82 Å². The molecule has 0 radical (unpaired) electrons. The van der Waals surface area contributed by atoms with Gasteiger partial charge in [0.05, 0.1) is 0 Å². The van der Waals surface area contributed by atoms with Gasteiger partial charge in [-0.3, -0.25) is 4.79 Å². The Hall–Kier alpha value is -1.32. The van der Waals surface area contributed by atoms with Crippen LogP contribution in [0.4, 0.5) is 5.82 Å². The molecule has 18 heavy (non-hydrogen) atoms. The third-order valence-corrected chi connectivity index (χ3v) is 3.21. The summed E-state index contributed by atoms with van der Waals surface area (Å²) in [6.07, 6.45) is 6.60. The Balaban J connectivity index is 2.72. The van der Waals surface area contributed by atoms with Gasteiger partial charge in [0.25, 0.3) is 5.56 Å². The van der Waals surface area contributed by atoms with Gasteiger partial charge in [-0.25, -0.2) is 4.98 Å². The third kappa shape index (κ3) is 4.17. The predicted octanol–water partition coefficient (Wildman–Crippen LogP) is 2.89. The molecule has 0 spiro atoms. The fourth-order valence-corrected chi connectivity index (χ4v) is 2.03. The molecule has 4 heteroatoms. The van der Waals surface area contributed by atoms with Crippen molar-refractivity contribution in [2.75, 3.05) is 5.32 Å². The van der Waals surface area contributed by atoms with Gasteiger partial charge in [-0.05, 0) is 25.7 Å². The normalized spacial score (nSPS) is 14.2. The topological polar surface area (TPSA) is 46.9 Å². The van der Waals surface area contributed by atoms with Gasteiger partial charge >= 0.3 is 0 Å². The molecule has 1 aromatic rings. The van der Waals surface area contributed by atoms with Crippen molar-refractivity contribution in [2.24, 2.45) is 5.92 Å². The van der Waals surface area contributed by atoms with E-state index < -0.39 is 0 Å². The zero-order chi connectivity index (χ0) is 13.5. The lowest BCUT2D eigenvalue weighted by molar-refractivity contribution is 0.482. The summed E-state index contributed by atoms with van der Waals surface area (Å²) in [7, 11) is 0. The van der Waals surface area contributed by atoms with Crippen LogP contribution < -0.4 is 10.9 Å². The quantitative estimate of drug-likeness (QED) is 0.810. The van der Waals surface area contributed by atoms with E-state index >= 15 is 0 Å². The molecule has 0 aliphatic carbocycles. The maximum absolute atomic E-state index is 12.1.